The van der Waals surface area contributed by atoms with Crippen LogP contribution in [0.15, 0.2) is 59.5 Å². The van der Waals surface area contributed by atoms with Gasteiger partial charge in [0.25, 0.3) is 10.1 Å². The second kappa shape index (κ2) is 7.54. The number of hydrogen-bond acceptors (Lipinski definition) is 4. The van der Waals surface area contributed by atoms with Crippen LogP contribution in [0.5, 0.6) is 0 Å². The van der Waals surface area contributed by atoms with E-state index >= 15 is 0 Å². The van der Waals surface area contributed by atoms with Gasteiger partial charge < -0.3 is 5.11 Å². The van der Waals surface area contributed by atoms with Crippen LogP contribution < -0.4 is 0 Å². The monoisotopic (exact) mass is 320 g/mol. The number of aliphatic hydroxyl groups excluding tert-OH is 1. The summed E-state index contributed by atoms with van der Waals surface area (Å²) >= 11 is 0. The molecule has 0 spiro atoms. The topological polar surface area (TPSA) is 63.6 Å². The summed E-state index contributed by atoms with van der Waals surface area (Å²) in [6, 6.07) is 16.0. The zero-order valence-electron chi connectivity index (χ0n) is 12.5. The molecule has 0 fully saturated rings. The lowest BCUT2D eigenvalue weighted by molar-refractivity contribution is 0.141. The third-order valence-corrected chi connectivity index (χ3v) is 4.64. The molecule has 0 saturated heterocycles. The molecule has 1 N–H and O–H groups in total. The van der Waals surface area contributed by atoms with Gasteiger partial charge >= 0.3 is 0 Å². The maximum absolute atomic E-state index is 12.0. The molecular weight excluding hydrogens is 300 g/mol. The maximum atomic E-state index is 12.0. The quantitative estimate of drug-likeness (QED) is 0.797. The van der Waals surface area contributed by atoms with Crippen LogP contribution in [-0.4, -0.2) is 26.2 Å². The molecule has 5 heteroatoms. The molecule has 118 valence electrons. The van der Waals surface area contributed by atoms with E-state index in [0.717, 1.165) is 11.1 Å². The highest BCUT2D eigenvalue weighted by Gasteiger charge is 2.15. The van der Waals surface area contributed by atoms with Crippen LogP contribution in [0.1, 0.15) is 17.5 Å². The van der Waals surface area contributed by atoms with Gasteiger partial charge in [-0.1, -0.05) is 48.0 Å². The van der Waals surface area contributed by atoms with E-state index in [9.17, 15) is 13.5 Å². The molecule has 0 aliphatic carbocycles. The SMILES string of the molecule is Cc1ccc(S(=O)(=O)OCCC(O)Cc2ccccc2)cc1. The fourth-order valence-corrected chi connectivity index (χ4v) is 2.98. The Bertz CT molecular complexity index is 678. The Morgan fingerprint density at radius 2 is 1.68 bits per heavy atom. The van der Waals surface area contributed by atoms with Gasteiger partial charge in [-0.15, -0.1) is 0 Å². The van der Waals surface area contributed by atoms with Crippen LogP contribution in [0.2, 0.25) is 0 Å². The van der Waals surface area contributed by atoms with Crippen molar-refractivity contribution in [3.05, 3.63) is 65.7 Å². The van der Waals surface area contributed by atoms with Crippen LogP contribution >= 0.6 is 0 Å². The van der Waals surface area contributed by atoms with E-state index < -0.39 is 16.2 Å². The Morgan fingerprint density at radius 1 is 1.05 bits per heavy atom. The molecular formula is C17H20O4S. The van der Waals surface area contributed by atoms with E-state index in [1.54, 1.807) is 12.1 Å². The average Bonchev–Trinajstić information content (AvgIpc) is 2.48. The fraction of sp³-hybridized carbons (Fsp3) is 0.294. The number of benzene rings is 2. The van der Waals surface area contributed by atoms with Crippen molar-refractivity contribution in [2.24, 2.45) is 0 Å². The highest BCUT2D eigenvalue weighted by Crippen LogP contribution is 2.14. The molecule has 2 aromatic carbocycles. The van der Waals surface area contributed by atoms with Gasteiger partial charge in [-0.3, -0.25) is 4.18 Å². The van der Waals surface area contributed by atoms with E-state index in [-0.39, 0.29) is 17.9 Å². The van der Waals surface area contributed by atoms with Gasteiger partial charge in [0.15, 0.2) is 0 Å². The number of hydrogen-bond donors (Lipinski definition) is 1. The van der Waals surface area contributed by atoms with Gasteiger partial charge in [0.05, 0.1) is 17.6 Å². The molecule has 1 atom stereocenters. The van der Waals surface area contributed by atoms with E-state index in [2.05, 4.69) is 0 Å². The molecule has 0 aliphatic rings. The Hall–Kier alpha value is -1.69. The molecule has 1 unspecified atom stereocenters. The van der Waals surface area contributed by atoms with Crippen LogP contribution in [0.3, 0.4) is 0 Å². The van der Waals surface area contributed by atoms with Gasteiger partial charge in [0, 0.05) is 0 Å². The number of aryl methyl sites for hydroxylation is 1. The Morgan fingerprint density at radius 3 is 2.32 bits per heavy atom. The summed E-state index contributed by atoms with van der Waals surface area (Å²) in [5.74, 6) is 0. The zero-order chi connectivity index (χ0) is 16.0. The van der Waals surface area contributed by atoms with Crippen molar-refractivity contribution in [2.45, 2.75) is 30.8 Å². The lowest BCUT2D eigenvalue weighted by Gasteiger charge is -2.11. The highest BCUT2D eigenvalue weighted by molar-refractivity contribution is 7.86. The van der Waals surface area contributed by atoms with Crippen molar-refractivity contribution >= 4 is 10.1 Å². The Labute approximate surface area is 131 Å². The minimum absolute atomic E-state index is 0.0375. The molecule has 0 aliphatic heterocycles. The maximum Gasteiger partial charge on any atom is 0.296 e. The first-order valence-corrected chi connectivity index (χ1v) is 8.56. The molecule has 0 radical (unpaired) electrons. The van der Waals surface area contributed by atoms with Gasteiger partial charge in [0.2, 0.25) is 0 Å². The minimum atomic E-state index is -3.76. The first-order valence-electron chi connectivity index (χ1n) is 7.15. The van der Waals surface area contributed by atoms with Crippen LogP contribution in [0, 0.1) is 6.92 Å². The number of aliphatic hydroxyl groups is 1. The van der Waals surface area contributed by atoms with Crippen molar-refractivity contribution in [1.82, 2.24) is 0 Å². The summed E-state index contributed by atoms with van der Waals surface area (Å²) in [5.41, 5.74) is 1.99. The summed E-state index contributed by atoms with van der Waals surface area (Å²) in [7, 11) is -3.76. The summed E-state index contributed by atoms with van der Waals surface area (Å²) in [6.45, 7) is 1.85. The Kier molecular flexibility index (Phi) is 5.71. The second-order valence-corrected chi connectivity index (χ2v) is 6.84. The van der Waals surface area contributed by atoms with Gasteiger partial charge in [0.1, 0.15) is 0 Å². The summed E-state index contributed by atoms with van der Waals surface area (Å²) < 4.78 is 28.9. The predicted molar refractivity (Wildman–Crippen MR) is 85.1 cm³/mol. The molecule has 0 saturated carbocycles. The predicted octanol–water partition coefficient (Wildman–Crippen LogP) is 2.69. The van der Waals surface area contributed by atoms with E-state index in [1.165, 1.54) is 12.1 Å². The molecule has 22 heavy (non-hydrogen) atoms. The second-order valence-electron chi connectivity index (χ2n) is 5.22. The van der Waals surface area contributed by atoms with Crippen molar-refractivity contribution in [2.75, 3.05) is 6.61 Å². The van der Waals surface area contributed by atoms with Crippen molar-refractivity contribution in [3.63, 3.8) is 0 Å². The van der Waals surface area contributed by atoms with Crippen molar-refractivity contribution in [3.8, 4) is 0 Å². The molecule has 2 rings (SSSR count). The molecule has 0 amide bonds. The first kappa shape index (κ1) is 16.7. The largest absolute Gasteiger partial charge is 0.393 e. The van der Waals surface area contributed by atoms with Crippen LogP contribution in [0.4, 0.5) is 0 Å². The summed E-state index contributed by atoms with van der Waals surface area (Å²) in [4.78, 5) is 0.135. The lowest BCUT2D eigenvalue weighted by atomic mass is 10.1. The fourth-order valence-electron chi connectivity index (χ4n) is 2.06. The minimum Gasteiger partial charge on any atom is -0.393 e. The summed E-state index contributed by atoms with van der Waals surface area (Å²) in [6.07, 6.45) is 0.116. The van der Waals surface area contributed by atoms with E-state index in [4.69, 9.17) is 4.18 Å². The zero-order valence-corrected chi connectivity index (χ0v) is 13.3. The number of rotatable bonds is 7. The lowest BCUT2D eigenvalue weighted by Crippen LogP contribution is -2.16. The molecule has 0 bridgehead atoms. The van der Waals surface area contributed by atoms with Crippen LogP contribution in [-0.2, 0) is 20.7 Å². The van der Waals surface area contributed by atoms with E-state index in [1.807, 2.05) is 37.3 Å². The first-order chi connectivity index (χ1) is 10.5. The third kappa shape index (κ3) is 4.94. The molecule has 0 heterocycles. The van der Waals surface area contributed by atoms with Crippen molar-refractivity contribution in [1.29, 1.82) is 0 Å². The van der Waals surface area contributed by atoms with Gasteiger partial charge in [-0.2, -0.15) is 8.42 Å². The molecule has 0 aromatic heterocycles. The smallest absolute Gasteiger partial charge is 0.296 e. The Balaban J connectivity index is 1.83. The molecule has 4 nitrogen and oxygen atoms in total. The highest BCUT2D eigenvalue weighted by atomic mass is 32.2. The van der Waals surface area contributed by atoms with Crippen LogP contribution in [0.25, 0.3) is 0 Å². The van der Waals surface area contributed by atoms with Gasteiger partial charge in [-0.05, 0) is 37.5 Å². The third-order valence-electron chi connectivity index (χ3n) is 3.31. The average molecular weight is 320 g/mol. The van der Waals surface area contributed by atoms with Gasteiger partial charge in [-0.25, -0.2) is 0 Å². The standard InChI is InChI=1S/C17H20O4S/c1-14-7-9-17(10-8-14)22(19,20)21-12-11-16(18)13-15-5-3-2-4-6-15/h2-10,16,18H,11-13H2,1H3. The normalized spacial score (nSPS) is 13.0. The van der Waals surface area contributed by atoms with Crippen molar-refractivity contribution < 1.29 is 17.7 Å². The van der Waals surface area contributed by atoms with E-state index in [0.29, 0.717) is 6.42 Å². The molecule has 2 aromatic rings. The summed E-state index contributed by atoms with van der Waals surface area (Å²) in [5, 5.41) is 9.93.